The summed E-state index contributed by atoms with van der Waals surface area (Å²) in [5.41, 5.74) is 1.02. The fourth-order valence-electron chi connectivity index (χ4n) is 2.56. The highest BCUT2D eigenvalue weighted by Gasteiger charge is 2.15. The van der Waals surface area contributed by atoms with Crippen molar-refractivity contribution in [2.45, 2.75) is 24.7 Å². The van der Waals surface area contributed by atoms with Gasteiger partial charge in [-0.15, -0.1) is 0 Å². The predicted octanol–water partition coefficient (Wildman–Crippen LogP) is 3.27. The van der Waals surface area contributed by atoms with Gasteiger partial charge in [-0.25, -0.2) is 4.98 Å². The monoisotopic (exact) mass is 447 g/mol. The van der Waals surface area contributed by atoms with Gasteiger partial charge in [0, 0.05) is 10.2 Å². The lowest BCUT2D eigenvalue weighted by molar-refractivity contribution is -0.113. The van der Waals surface area contributed by atoms with Crippen LogP contribution in [0.4, 0.5) is 5.69 Å². The molecule has 0 aliphatic rings. The molecule has 3 aromatic rings. The molecule has 0 aliphatic carbocycles. The van der Waals surface area contributed by atoms with Crippen LogP contribution in [0.5, 0.6) is 0 Å². The first-order chi connectivity index (χ1) is 12.9. The van der Waals surface area contributed by atoms with Gasteiger partial charge in [-0.2, -0.15) is 0 Å². The second-order valence-corrected chi connectivity index (χ2v) is 7.88. The molecule has 27 heavy (non-hydrogen) atoms. The Labute approximate surface area is 168 Å². The maximum absolute atomic E-state index is 12.8. The third-order valence-electron chi connectivity index (χ3n) is 3.72. The SMILES string of the molecule is C[C@H](O)Cn1c(SCC(=O)Nc2ccccc2)nc2ccc(Br)cc2c1=O. The average molecular weight is 448 g/mol. The molecule has 0 radical (unpaired) electrons. The lowest BCUT2D eigenvalue weighted by Gasteiger charge is -2.14. The van der Waals surface area contributed by atoms with E-state index in [4.69, 9.17) is 0 Å². The number of rotatable bonds is 6. The number of amides is 1. The first-order valence-electron chi connectivity index (χ1n) is 8.30. The van der Waals surface area contributed by atoms with E-state index >= 15 is 0 Å². The van der Waals surface area contributed by atoms with E-state index in [0.29, 0.717) is 21.7 Å². The van der Waals surface area contributed by atoms with Gasteiger partial charge in [0.2, 0.25) is 5.91 Å². The molecule has 140 valence electrons. The van der Waals surface area contributed by atoms with Crippen LogP contribution in [0.15, 0.2) is 63.0 Å². The van der Waals surface area contributed by atoms with Crippen LogP contribution in [0.1, 0.15) is 6.92 Å². The number of hydrogen-bond acceptors (Lipinski definition) is 5. The number of thioether (sulfide) groups is 1. The molecule has 0 aliphatic heterocycles. The number of nitrogens with one attached hydrogen (secondary N) is 1. The number of fused-ring (bicyclic) bond motifs is 1. The zero-order chi connectivity index (χ0) is 19.4. The normalized spacial score (nSPS) is 12.1. The van der Waals surface area contributed by atoms with Gasteiger partial charge in [-0.1, -0.05) is 45.9 Å². The van der Waals surface area contributed by atoms with Gasteiger partial charge in [-0.3, -0.25) is 14.2 Å². The Kier molecular flexibility index (Phi) is 6.30. The summed E-state index contributed by atoms with van der Waals surface area (Å²) in [5, 5.41) is 13.4. The average Bonchev–Trinajstić information content (AvgIpc) is 2.64. The minimum absolute atomic E-state index is 0.100. The van der Waals surface area contributed by atoms with Gasteiger partial charge in [-0.05, 0) is 37.3 Å². The summed E-state index contributed by atoms with van der Waals surface area (Å²) >= 11 is 4.52. The molecule has 2 aromatic carbocycles. The van der Waals surface area contributed by atoms with E-state index in [1.807, 2.05) is 24.3 Å². The fraction of sp³-hybridized carbons (Fsp3) is 0.211. The maximum atomic E-state index is 12.8. The molecule has 1 amide bonds. The first-order valence-corrected chi connectivity index (χ1v) is 10.1. The lowest BCUT2D eigenvalue weighted by atomic mass is 10.2. The standard InChI is InChI=1S/C19H18BrN3O3S/c1-12(24)10-23-18(26)15-9-13(20)7-8-16(15)22-19(23)27-11-17(25)21-14-5-3-2-4-6-14/h2-9,12,24H,10-11H2,1H3,(H,21,25)/t12-/m0/s1. The van der Waals surface area contributed by atoms with Crippen LogP contribution in [0, 0.1) is 0 Å². The molecule has 3 rings (SSSR count). The number of nitrogens with zero attached hydrogens (tertiary/aromatic N) is 2. The predicted molar refractivity (Wildman–Crippen MR) is 111 cm³/mol. The summed E-state index contributed by atoms with van der Waals surface area (Å²) in [6.45, 7) is 1.71. The number of aliphatic hydroxyl groups is 1. The Hall–Kier alpha value is -2.16. The summed E-state index contributed by atoms with van der Waals surface area (Å²) < 4.78 is 2.19. The van der Waals surface area contributed by atoms with Gasteiger partial charge < -0.3 is 10.4 Å². The maximum Gasteiger partial charge on any atom is 0.262 e. The molecule has 8 heteroatoms. The number of aliphatic hydroxyl groups excluding tert-OH is 1. The smallest absolute Gasteiger partial charge is 0.262 e. The Morgan fingerprint density at radius 1 is 1.30 bits per heavy atom. The van der Waals surface area contributed by atoms with Crippen LogP contribution in [-0.2, 0) is 11.3 Å². The zero-order valence-electron chi connectivity index (χ0n) is 14.6. The van der Waals surface area contributed by atoms with Crippen molar-refractivity contribution < 1.29 is 9.90 Å². The molecule has 0 saturated heterocycles. The van der Waals surface area contributed by atoms with Crippen molar-refractivity contribution in [2.24, 2.45) is 0 Å². The van der Waals surface area contributed by atoms with E-state index in [9.17, 15) is 14.7 Å². The first kappa shape index (κ1) is 19.6. The van der Waals surface area contributed by atoms with Crippen molar-refractivity contribution in [3.63, 3.8) is 0 Å². The molecule has 1 aromatic heterocycles. The van der Waals surface area contributed by atoms with Crippen molar-refractivity contribution in [3.8, 4) is 0 Å². The fourth-order valence-corrected chi connectivity index (χ4v) is 3.73. The van der Waals surface area contributed by atoms with E-state index in [1.165, 1.54) is 16.3 Å². The summed E-state index contributed by atoms with van der Waals surface area (Å²) in [5.74, 6) is -0.0941. The van der Waals surface area contributed by atoms with Crippen molar-refractivity contribution in [1.29, 1.82) is 0 Å². The van der Waals surface area contributed by atoms with E-state index in [0.717, 1.165) is 4.47 Å². The topological polar surface area (TPSA) is 84.2 Å². The van der Waals surface area contributed by atoms with Gasteiger partial charge >= 0.3 is 0 Å². The van der Waals surface area contributed by atoms with E-state index < -0.39 is 6.10 Å². The Balaban J connectivity index is 1.87. The molecule has 2 N–H and O–H groups in total. The Morgan fingerprint density at radius 3 is 2.74 bits per heavy atom. The summed E-state index contributed by atoms with van der Waals surface area (Å²) in [6.07, 6.45) is -0.716. The molecule has 0 saturated carbocycles. The van der Waals surface area contributed by atoms with Crippen LogP contribution >= 0.6 is 27.7 Å². The number of carbonyl (C=O) groups is 1. The molecular weight excluding hydrogens is 430 g/mol. The molecular formula is C19H18BrN3O3S. The molecule has 1 atom stereocenters. The number of carbonyl (C=O) groups excluding carboxylic acids is 1. The van der Waals surface area contributed by atoms with Crippen molar-refractivity contribution in [2.75, 3.05) is 11.1 Å². The van der Waals surface area contributed by atoms with Gasteiger partial charge in [0.15, 0.2) is 5.16 Å². The van der Waals surface area contributed by atoms with Crippen molar-refractivity contribution >= 4 is 50.2 Å². The molecule has 0 spiro atoms. The van der Waals surface area contributed by atoms with Crippen LogP contribution in [-0.4, -0.2) is 32.4 Å². The minimum atomic E-state index is -0.716. The second kappa shape index (κ2) is 8.69. The number of benzene rings is 2. The minimum Gasteiger partial charge on any atom is -0.392 e. The second-order valence-electron chi connectivity index (χ2n) is 6.02. The quantitative estimate of drug-likeness (QED) is 0.447. The van der Waals surface area contributed by atoms with Gasteiger partial charge in [0.05, 0.1) is 29.3 Å². The molecule has 0 fully saturated rings. The van der Waals surface area contributed by atoms with Crippen LogP contribution < -0.4 is 10.9 Å². The third-order valence-corrected chi connectivity index (χ3v) is 5.19. The number of anilines is 1. The molecule has 6 nitrogen and oxygen atoms in total. The zero-order valence-corrected chi connectivity index (χ0v) is 17.0. The van der Waals surface area contributed by atoms with Crippen LogP contribution in [0.25, 0.3) is 10.9 Å². The summed E-state index contributed by atoms with van der Waals surface area (Å²) in [4.78, 5) is 29.6. The lowest BCUT2D eigenvalue weighted by Crippen LogP contribution is -2.28. The van der Waals surface area contributed by atoms with E-state index in [-0.39, 0.29) is 23.8 Å². The highest BCUT2D eigenvalue weighted by Crippen LogP contribution is 2.21. The van der Waals surface area contributed by atoms with Crippen LogP contribution in [0.3, 0.4) is 0 Å². The number of hydrogen-bond donors (Lipinski definition) is 2. The van der Waals surface area contributed by atoms with Gasteiger partial charge in [0.25, 0.3) is 5.56 Å². The molecule has 0 unspecified atom stereocenters. The highest BCUT2D eigenvalue weighted by molar-refractivity contribution is 9.10. The largest absolute Gasteiger partial charge is 0.392 e. The number of para-hydroxylation sites is 1. The van der Waals surface area contributed by atoms with E-state index in [1.54, 1.807) is 31.2 Å². The van der Waals surface area contributed by atoms with Crippen molar-refractivity contribution in [3.05, 3.63) is 63.4 Å². The third kappa shape index (κ3) is 4.97. The van der Waals surface area contributed by atoms with Crippen LogP contribution in [0.2, 0.25) is 0 Å². The van der Waals surface area contributed by atoms with E-state index in [2.05, 4.69) is 26.2 Å². The molecule has 1 heterocycles. The van der Waals surface area contributed by atoms with Crippen molar-refractivity contribution in [1.82, 2.24) is 9.55 Å². The Morgan fingerprint density at radius 2 is 2.04 bits per heavy atom. The van der Waals surface area contributed by atoms with Gasteiger partial charge in [0.1, 0.15) is 0 Å². The molecule has 0 bridgehead atoms. The summed E-state index contributed by atoms with van der Waals surface area (Å²) in [7, 11) is 0. The highest BCUT2D eigenvalue weighted by atomic mass is 79.9. The Bertz CT molecular complexity index is 1020. The number of halogens is 1. The number of aromatic nitrogens is 2. The summed E-state index contributed by atoms with van der Waals surface area (Å²) in [6, 6.07) is 14.4.